The lowest BCUT2D eigenvalue weighted by molar-refractivity contribution is 0.142. The number of ether oxygens (including phenoxy) is 1. The van der Waals surface area contributed by atoms with Gasteiger partial charge in [-0.15, -0.1) is 0 Å². The van der Waals surface area contributed by atoms with Crippen LogP contribution in [0.4, 0.5) is 4.79 Å². The van der Waals surface area contributed by atoms with Gasteiger partial charge in [0.05, 0.1) is 0 Å². The van der Waals surface area contributed by atoms with Crippen molar-refractivity contribution in [3.05, 3.63) is 89.7 Å². The second-order valence-electron chi connectivity index (χ2n) is 6.03. The third kappa shape index (κ3) is 3.11. The van der Waals surface area contributed by atoms with Crippen LogP contribution in [-0.2, 0) is 11.3 Å². The number of carbonyl (C=O) groups excluding carboxylic acids is 1. The normalized spacial score (nSPS) is 12.3. The summed E-state index contributed by atoms with van der Waals surface area (Å²) in [4.78, 5) is 16.0. The third-order valence-corrected chi connectivity index (χ3v) is 4.53. The molecule has 1 aliphatic rings. The fourth-order valence-electron chi connectivity index (χ4n) is 3.32. The predicted octanol–water partition coefficient (Wildman–Crippen LogP) is 4.12. The Hall–Kier alpha value is -3.14. The summed E-state index contributed by atoms with van der Waals surface area (Å²) in [5.41, 5.74) is 5.87. The molecule has 0 saturated heterocycles. The molecule has 4 rings (SSSR count). The van der Waals surface area contributed by atoms with Crippen LogP contribution in [-0.4, -0.2) is 17.7 Å². The number of fused-ring (bicyclic) bond motifs is 3. The average Bonchev–Trinajstić information content (AvgIpc) is 2.99. The van der Waals surface area contributed by atoms with Crippen molar-refractivity contribution in [1.82, 2.24) is 10.3 Å². The quantitative estimate of drug-likeness (QED) is 0.783. The van der Waals surface area contributed by atoms with Crippen molar-refractivity contribution in [3.8, 4) is 11.1 Å². The molecule has 0 saturated carbocycles. The van der Waals surface area contributed by atoms with E-state index in [1.165, 1.54) is 22.3 Å². The standard InChI is InChI=1S/C21H18N2O2/c24-21(23-13-15-9-11-22-12-10-15)25-14-20-18-7-3-1-5-16(18)17-6-2-4-8-19(17)20/h1-12,20H,13-14H2,(H,23,24). The molecular formula is C21H18N2O2. The van der Waals surface area contributed by atoms with Gasteiger partial charge in [-0.1, -0.05) is 48.5 Å². The zero-order chi connectivity index (χ0) is 17.1. The summed E-state index contributed by atoms with van der Waals surface area (Å²) in [6.45, 7) is 0.759. The number of aromatic nitrogens is 1. The SMILES string of the molecule is O=C(NCc1ccncc1)OCC1c2ccccc2-c2ccccc21. The van der Waals surface area contributed by atoms with E-state index >= 15 is 0 Å². The molecule has 1 aliphatic carbocycles. The van der Waals surface area contributed by atoms with E-state index in [2.05, 4.69) is 34.6 Å². The Morgan fingerprint density at radius 3 is 2.16 bits per heavy atom. The number of benzene rings is 2. The van der Waals surface area contributed by atoms with Gasteiger partial charge in [-0.3, -0.25) is 4.98 Å². The van der Waals surface area contributed by atoms with Crippen LogP contribution in [0.5, 0.6) is 0 Å². The number of amides is 1. The number of nitrogens with zero attached hydrogens (tertiary/aromatic N) is 1. The van der Waals surface area contributed by atoms with Gasteiger partial charge in [-0.2, -0.15) is 0 Å². The summed E-state index contributed by atoms with van der Waals surface area (Å²) in [5.74, 6) is 0.0825. The number of alkyl carbamates (subject to hydrolysis) is 1. The van der Waals surface area contributed by atoms with E-state index in [1.807, 2.05) is 36.4 Å². The number of carbonyl (C=O) groups is 1. The van der Waals surface area contributed by atoms with E-state index in [4.69, 9.17) is 4.74 Å². The van der Waals surface area contributed by atoms with E-state index in [-0.39, 0.29) is 5.92 Å². The van der Waals surface area contributed by atoms with Gasteiger partial charge in [-0.25, -0.2) is 4.79 Å². The van der Waals surface area contributed by atoms with Gasteiger partial charge in [0, 0.05) is 24.9 Å². The molecule has 2 aromatic carbocycles. The van der Waals surface area contributed by atoms with Crippen molar-refractivity contribution in [3.63, 3.8) is 0 Å². The topological polar surface area (TPSA) is 51.2 Å². The van der Waals surface area contributed by atoms with Crippen LogP contribution in [0.2, 0.25) is 0 Å². The molecule has 1 N–H and O–H groups in total. The number of nitrogens with one attached hydrogen (secondary N) is 1. The van der Waals surface area contributed by atoms with Crippen molar-refractivity contribution in [2.24, 2.45) is 0 Å². The van der Waals surface area contributed by atoms with Gasteiger partial charge in [0.2, 0.25) is 0 Å². The minimum Gasteiger partial charge on any atom is -0.449 e. The second kappa shape index (κ2) is 6.77. The molecule has 0 spiro atoms. The van der Waals surface area contributed by atoms with Crippen LogP contribution in [0.15, 0.2) is 73.1 Å². The van der Waals surface area contributed by atoms with Gasteiger partial charge in [-0.05, 0) is 39.9 Å². The molecule has 1 amide bonds. The van der Waals surface area contributed by atoms with Crippen LogP contribution in [0.25, 0.3) is 11.1 Å². The van der Waals surface area contributed by atoms with Gasteiger partial charge < -0.3 is 10.1 Å². The number of rotatable bonds is 4. The maximum Gasteiger partial charge on any atom is 0.407 e. The molecule has 124 valence electrons. The summed E-state index contributed by atoms with van der Waals surface area (Å²) in [6.07, 6.45) is 3.00. The van der Waals surface area contributed by atoms with Crippen molar-refractivity contribution in [2.75, 3.05) is 6.61 Å². The molecule has 0 radical (unpaired) electrons. The van der Waals surface area contributed by atoms with Gasteiger partial charge in [0.15, 0.2) is 0 Å². The highest BCUT2D eigenvalue weighted by molar-refractivity contribution is 5.79. The molecule has 0 atom stereocenters. The maximum atomic E-state index is 12.0. The first-order valence-corrected chi connectivity index (χ1v) is 8.30. The second-order valence-corrected chi connectivity index (χ2v) is 6.03. The minimum atomic E-state index is -0.404. The highest BCUT2D eigenvalue weighted by Gasteiger charge is 2.28. The maximum absolute atomic E-state index is 12.0. The molecule has 1 heterocycles. The highest BCUT2D eigenvalue weighted by Crippen LogP contribution is 2.44. The van der Waals surface area contributed by atoms with Crippen LogP contribution >= 0.6 is 0 Å². The summed E-state index contributed by atoms with van der Waals surface area (Å²) in [6, 6.07) is 20.3. The Bertz CT molecular complexity index is 848. The lowest BCUT2D eigenvalue weighted by Gasteiger charge is -2.14. The Balaban J connectivity index is 1.43. The van der Waals surface area contributed by atoms with Gasteiger partial charge in [0.1, 0.15) is 6.61 Å². The van der Waals surface area contributed by atoms with E-state index < -0.39 is 6.09 Å². The fourth-order valence-corrected chi connectivity index (χ4v) is 3.32. The Kier molecular flexibility index (Phi) is 4.17. The van der Waals surface area contributed by atoms with Crippen LogP contribution in [0, 0.1) is 0 Å². The summed E-state index contributed by atoms with van der Waals surface area (Å²) in [7, 11) is 0. The van der Waals surface area contributed by atoms with Crippen LogP contribution < -0.4 is 5.32 Å². The summed E-state index contributed by atoms with van der Waals surface area (Å²) in [5, 5.41) is 2.78. The Labute approximate surface area is 146 Å². The molecule has 4 heteroatoms. The van der Waals surface area contributed by atoms with Crippen molar-refractivity contribution in [2.45, 2.75) is 12.5 Å². The largest absolute Gasteiger partial charge is 0.449 e. The number of pyridine rings is 1. The van der Waals surface area contributed by atoms with E-state index in [0.717, 1.165) is 5.56 Å². The van der Waals surface area contributed by atoms with Crippen molar-refractivity contribution >= 4 is 6.09 Å². The first kappa shape index (κ1) is 15.4. The van der Waals surface area contributed by atoms with Gasteiger partial charge >= 0.3 is 6.09 Å². The first-order chi connectivity index (χ1) is 12.3. The lowest BCUT2D eigenvalue weighted by Crippen LogP contribution is -2.25. The molecule has 3 aromatic rings. The van der Waals surface area contributed by atoms with Crippen LogP contribution in [0.1, 0.15) is 22.6 Å². The zero-order valence-electron chi connectivity index (χ0n) is 13.7. The molecule has 0 bridgehead atoms. The number of hydrogen-bond acceptors (Lipinski definition) is 3. The van der Waals surface area contributed by atoms with Gasteiger partial charge in [0.25, 0.3) is 0 Å². The number of hydrogen-bond donors (Lipinski definition) is 1. The van der Waals surface area contributed by atoms with Crippen LogP contribution in [0.3, 0.4) is 0 Å². The lowest BCUT2D eigenvalue weighted by atomic mass is 9.98. The highest BCUT2D eigenvalue weighted by atomic mass is 16.5. The van der Waals surface area contributed by atoms with Crippen molar-refractivity contribution in [1.29, 1.82) is 0 Å². The van der Waals surface area contributed by atoms with E-state index in [1.54, 1.807) is 12.4 Å². The monoisotopic (exact) mass is 330 g/mol. The fraction of sp³-hybridized carbons (Fsp3) is 0.143. The predicted molar refractivity (Wildman–Crippen MR) is 96.1 cm³/mol. The third-order valence-electron chi connectivity index (χ3n) is 4.53. The minimum absolute atomic E-state index is 0.0825. The summed E-state index contributed by atoms with van der Waals surface area (Å²) >= 11 is 0. The Morgan fingerprint density at radius 1 is 0.920 bits per heavy atom. The Morgan fingerprint density at radius 2 is 1.52 bits per heavy atom. The first-order valence-electron chi connectivity index (χ1n) is 8.30. The van der Waals surface area contributed by atoms with E-state index in [9.17, 15) is 4.79 Å². The molecule has 0 unspecified atom stereocenters. The average molecular weight is 330 g/mol. The molecule has 4 nitrogen and oxygen atoms in total. The molecular weight excluding hydrogens is 312 g/mol. The smallest absolute Gasteiger partial charge is 0.407 e. The molecule has 25 heavy (non-hydrogen) atoms. The molecule has 1 aromatic heterocycles. The zero-order valence-corrected chi connectivity index (χ0v) is 13.7. The van der Waals surface area contributed by atoms with Crippen molar-refractivity contribution < 1.29 is 9.53 Å². The summed E-state index contributed by atoms with van der Waals surface area (Å²) < 4.78 is 5.50. The molecule has 0 aliphatic heterocycles. The van der Waals surface area contributed by atoms with E-state index in [0.29, 0.717) is 13.2 Å². The molecule has 0 fully saturated rings.